The molecule has 0 aromatic carbocycles. The molecule has 0 aromatic rings. The van der Waals surface area contributed by atoms with Crippen molar-refractivity contribution in [1.29, 1.82) is 0 Å². The summed E-state index contributed by atoms with van der Waals surface area (Å²) in [5.74, 6) is 0. The van der Waals surface area contributed by atoms with Crippen LogP contribution in [0.3, 0.4) is 0 Å². The van der Waals surface area contributed by atoms with Gasteiger partial charge in [-0.25, -0.2) is 0 Å². The quantitative estimate of drug-likeness (QED) is 0.352. The van der Waals surface area contributed by atoms with Crippen molar-refractivity contribution in [2.75, 3.05) is 0 Å². The first-order valence-corrected chi connectivity index (χ1v) is 0. The minimum atomic E-state index is 0. The normalized spacial score (nSPS) is 0. The Bertz CT molecular complexity index is 11.6. The van der Waals surface area contributed by atoms with Crippen molar-refractivity contribution in [3.63, 3.8) is 0 Å². The molecule has 19 valence electrons. The van der Waals surface area contributed by atoms with Gasteiger partial charge in [-0.1, -0.05) is 0 Å². The van der Waals surface area contributed by atoms with Gasteiger partial charge in [-0.15, -0.1) is 0 Å². The van der Waals surface area contributed by atoms with Gasteiger partial charge in [0.2, 0.25) is 0 Å². The Morgan fingerprint density at radius 1 is 1.00 bits per heavy atom. The van der Waals surface area contributed by atoms with E-state index >= 15 is 0 Å². The average molecular weight is 187 g/mol. The molecule has 0 fully saturated rings. The molecule has 5 heteroatoms. The van der Waals surface area contributed by atoms with Crippen LogP contribution in [-0.2, 0) is 17.1 Å². The van der Waals surface area contributed by atoms with E-state index in [1.807, 2.05) is 0 Å². The Kier molecular flexibility index (Phi) is 146. The second-order valence-electron chi connectivity index (χ2n) is 0. The molecule has 0 aromatic heterocycles. The van der Waals surface area contributed by atoms with E-state index in [1.54, 1.807) is 0 Å². The first-order chi connectivity index (χ1) is 0. The number of hydrogen-bond acceptors (Lipinski definition) is 0. The summed E-state index contributed by atoms with van der Waals surface area (Å²) >= 11 is 0. The molecular formula is H6CaKMgMnNa. The standard InChI is InChI=1S/Ca.K.Mg.Mn.Na.6H. The SMILES string of the molecule is [CaH2].[KH].[MgH2].[Mn].[NaH]. The van der Waals surface area contributed by atoms with Crippen LogP contribution in [0.15, 0.2) is 0 Å². The van der Waals surface area contributed by atoms with Gasteiger partial charge in [-0.05, 0) is 0 Å². The third-order valence-electron chi connectivity index (χ3n) is 0. The summed E-state index contributed by atoms with van der Waals surface area (Å²) in [6.45, 7) is 0. The van der Waals surface area contributed by atoms with E-state index in [1.165, 1.54) is 0 Å². The summed E-state index contributed by atoms with van der Waals surface area (Å²) in [5.41, 5.74) is 0. The molecule has 0 saturated heterocycles. The summed E-state index contributed by atoms with van der Waals surface area (Å²) in [7, 11) is 0. The van der Waals surface area contributed by atoms with E-state index in [2.05, 4.69) is 0 Å². The molecular weight excluding hydrogens is 181 g/mol. The number of hydrogen-bond donors (Lipinski definition) is 0. The molecule has 0 aliphatic carbocycles. The zero-order valence-electron chi connectivity index (χ0n) is 0.378. The van der Waals surface area contributed by atoms with Crippen LogP contribution in [0.2, 0.25) is 0 Å². The van der Waals surface area contributed by atoms with Crippen LogP contribution in [0.1, 0.15) is 0 Å². The van der Waals surface area contributed by atoms with Crippen LogP contribution < -0.4 is 0 Å². The molecule has 0 saturated carbocycles. The third kappa shape index (κ3) is 17.6. The van der Waals surface area contributed by atoms with Gasteiger partial charge in [-0.2, -0.15) is 0 Å². The summed E-state index contributed by atoms with van der Waals surface area (Å²) in [5, 5.41) is 0. The van der Waals surface area contributed by atoms with Crippen LogP contribution in [0.25, 0.3) is 0 Å². The molecule has 0 rings (SSSR count). The van der Waals surface area contributed by atoms with Gasteiger partial charge >= 0.3 is 142 Å². The van der Waals surface area contributed by atoms with Gasteiger partial charge in [0.25, 0.3) is 0 Å². The van der Waals surface area contributed by atoms with Crippen molar-refractivity contribution in [2.45, 2.75) is 0 Å². The molecule has 0 unspecified atom stereocenters. The van der Waals surface area contributed by atoms with Gasteiger partial charge in [0, 0.05) is 17.1 Å². The Hall–Kier alpha value is 5.18. The van der Waals surface area contributed by atoms with Crippen molar-refractivity contribution in [3.8, 4) is 0 Å². The molecule has 5 heavy (non-hydrogen) atoms. The van der Waals surface area contributed by atoms with Crippen molar-refractivity contribution in [2.24, 2.45) is 0 Å². The summed E-state index contributed by atoms with van der Waals surface area (Å²) in [6, 6.07) is 0. The van der Waals surface area contributed by atoms with Crippen LogP contribution in [-0.4, -0.2) is 142 Å². The predicted molar refractivity (Wildman–Crippen MR) is 31.4 cm³/mol. The maximum atomic E-state index is 0. The molecule has 0 N–H and O–H groups in total. The van der Waals surface area contributed by atoms with Crippen LogP contribution >= 0.6 is 0 Å². The van der Waals surface area contributed by atoms with E-state index in [0.29, 0.717) is 0 Å². The van der Waals surface area contributed by atoms with Gasteiger partial charge < -0.3 is 0 Å². The second kappa shape index (κ2) is 22.9. The van der Waals surface area contributed by atoms with Crippen LogP contribution in [0.5, 0.6) is 0 Å². The molecule has 0 bridgehead atoms. The van der Waals surface area contributed by atoms with Gasteiger partial charge in [0.1, 0.15) is 0 Å². The Labute approximate surface area is 154 Å². The molecule has 0 nitrogen and oxygen atoms in total. The second-order valence-corrected chi connectivity index (χ2v) is 0. The fourth-order valence-electron chi connectivity index (χ4n) is 0. The van der Waals surface area contributed by atoms with Crippen molar-refractivity contribution in [1.82, 2.24) is 0 Å². The average Bonchev–Trinajstić information content (AvgIpc) is 0. The first-order valence-electron chi connectivity index (χ1n) is 0. The third-order valence-corrected chi connectivity index (χ3v) is 0. The zero-order valence-corrected chi connectivity index (χ0v) is 1.56. The molecule has 0 heterocycles. The van der Waals surface area contributed by atoms with Crippen LogP contribution in [0.4, 0.5) is 0 Å². The molecule has 0 aliphatic heterocycles. The monoisotopic (exact) mass is 187 g/mol. The van der Waals surface area contributed by atoms with Crippen molar-refractivity contribution in [3.05, 3.63) is 0 Å². The predicted octanol–water partition coefficient (Wildman–Crippen LogP) is -3.13. The van der Waals surface area contributed by atoms with E-state index in [0.717, 1.165) is 0 Å². The molecule has 1 radical (unpaired) electrons. The fourth-order valence-corrected chi connectivity index (χ4v) is 0. The zero-order chi connectivity index (χ0) is 0. The molecule has 0 spiro atoms. The Morgan fingerprint density at radius 2 is 1.00 bits per heavy atom. The van der Waals surface area contributed by atoms with Crippen molar-refractivity contribution < 1.29 is 17.1 Å². The Morgan fingerprint density at radius 3 is 1.00 bits per heavy atom. The topological polar surface area (TPSA) is 0 Å². The first kappa shape index (κ1) is 32.0. The van der Waals surface area contributed by atoms with E-state index in [9.17, 15) is 0 Å². The Balaban J connectivity index is 0. The maximum absolute atomic E-state index is 0. The molecule has 0 aliphatic rings. The van der Waals surface area contributed by atoms with Crippen LogP contribution in [0, 0.1) is 0 Å². The van der Waals surface area contributed by atoms with E-state index < -0.39 is 0 Å². The molecule has 0 atom stereocenters. The molecule has 0 amide bonds. The summed E-state index contributed by atoms with van der Waals surface area (Å²) in [6.07, 6.45) is 0. The van der Waals surface area contributed by atoms with Gasteiger partial charge in [0.15, 0.2) is 0 Å². The minimum absolute atomic E-state index is 0. The van der Waals surface area contributed by atoms with Crippen molar-refractivity contribution >= 4 is 142 Å². The fraction of sp³-hybridized carbons (Fsp3) is 0. The van der Waals surface area contributed by atoms with E-state index in [-0.39, 0.29) is 159 Å². The summed E-state index contributed by atoms with van der Waals surface area (Å²) in [4.78, 5) is 0. The van der Waals surface area contributed by atoms with E-state index in [4.69, 9.17) is 0 Å². The number of rotatable bonds is 0. The van der Waals surface area contributed by atoms with Gasteiger partial charge in [-0.3, -0.25) is 0 Å². The van der Waals surface area contributed by atoms with Gasteiger partial charge in [0.05, 0.1) is 0 Å². The summed E-state index contributed by atoms with van der Waals surface area (Å²) < 4.78 is 0.